The number of allylic oxidation sites excluding steroid dienone is 5. The summed E-state index contributed by atoms with van der Waals surface area (Å²) in [5.74, 6) is 0.783. The van der Waals surface area contributed by atoms with E-state index in [0.29, 0.717) is 0 Å². The van der Waals surface area contributed by atoms with Crippen molar-refractivity contribution in [1.29, 1.82) is 0 Å². The van der Waals surface area contributed by atoms with Gasteiger partial charge in [0.05, 0.1) is 0 Å². The van der Waals surface area contributed by atoms with Crippen LogP contribution in [0.25, 0.3) is 0 Å². The quantitative estimate of drug-likeness (QED) is 0.536. The molecule has 0 saturated carbocycles. The summed E-state index contributed by atoms with van der Waals surface area (Å²) < 4.78 is 0. The highest BCUT2D eigenvalue weighted by Crippen LogP contribution is 2.15. The van der Waals surface area contributed by atoms with Crippen LogP contribution >= 0.6 is 0 Å². The molecule has 0 heteroatoms. The molecular weight excluding hydrogens is 144 g/mol. The second-order valence-electron chi connectivity index (χ2n) is 3.18. The van der Waals surface area contributed by atoms with E-state index >= 15 is 0 Å². The van der Waals surface area contributed by atoms with E-state index < -0.39 is 0 Å². The van der Waals surface area contributed by atoms with Crippen LogP contribution in [0.15, 0.2) is 36.5 Å². The molecule has 0 aliphatic rings. The molecule has 0 rings (SSSR count). The Hall–Kier alpha value is -0.780. The SMILES string of the molecule is C=C/C=C\C(=C/C)CC(C)CC. The first-order chi connectivity index (χ1) is 5.74. The zero-order chi connectivity index (χ0) is 9.40. The molecule has 0 amide bonds. The fourth-order valence-corrected chi connectivity index (χ4v) is 1.02. The summed E-state index contributed by atoms with van der Waals surface area (Å²) in [7, 11) is 0. The molecule has 68 valence electrons. The molecule has 0 radical (unpaired) electrons. The predicted molar refractivity (Wildman–Crippen MR) is 57.2 cm³/mol. The average Bonchev–Trinajstić information content (AvgIpc) is 2.11. The van der Waals surface area contributed by atoms with Gasteiger partial charge in [-0.05, 0) is 19.3 Å². The molecule has 0 aliphatic carbocycles. The largest absolute Gasteiger partial charge is 0.0991 e. The predicted octanol–water partition coefficient (Wildman–Crippen LogP) is 4.11. The maximum Gasteiger partial charge on any atom is -0.0256 e. The minimum atomic E-state index is 0.783. The van der Waals surface area contributed by atoms with Crippen LogP contribution in [0.1, 0.15) is 33.6 Å². The molecule has 0 nitrogen and oxygen atoms in total. The van der Waals surface area contributed by atoms with Crippen molar-refractivity contribution in [2.24, 2.45) is 5.92 Å². The summed E-state index contributed by atoms with van der Waals surface area (Å²) in [5, 5.41) is 0. The van der Waals surface area contributed by atoms with Gasteiger partial charge in [0.1, 0.15) is 0 Å². The molecule has 0 saturated heterocycles. The first kappa shape index (κ1) is 11.2. The molecule has 0 heterocycles. The van der Waals surface area contributed by atoms with Crippen molar-refractivity contribution in [3.63, 3.8) is 0 Å². The van der Waals surface area contributed by atoms with E-state index in [1.165, 1.54) is 18.4 Å². The monoisotopic (exact) mass is 164 g/mol. The molecule has 1 atom stereocenters. The Bertz CT molecular complexity index is 172. The minimum absolute atomic E-state index is 0.783. The lowest BCUT2D eigenvalue weighted by atomic mass is 9.98. The fourth-order valence-electron chi connectivity index (χ4n) is 1.02. The van der Waals surface area contributed by atoms with Crippen LogP contribution in [0.2, 0.25) is 0 Å². The van der Waals surface area contributed by atoms with Gasteiger partial charge < -0.3 is 0 Å². The van der Waals surface area contributed by atoms with Crippen LogP contribution in [-0.2, 0) is 0 Å². The Balaban J connectivity index is 4.01. The second-order valence-corrected chi connectivity index (χ2v) is 3.18. The molecule has 0 fully saturated rings. The van der Waals surface area contributed by atoms with Gasteiger partial charge in [0.25, 0.3) is 0 Å². The van der Waals surface area contributed by atoms with Gasteiger partial charge in [0.15, 0.2) is 0 Å². The third-order valence-corrected chi connectivity index (χ3v) is 2.10. The molecule has 0 aromatic carbocycles. The van der Waals surface area contributed by atoms with Gasteiger partial charge in [-0.2, -0.15) is 0 Å². The van der Waals surface area contributed by atoms with E-state index in [1.807, 2.05) is 12.2 Å². The van der Waals surface area contributed by atoms with Crippen LogP contribution in [0, 0.1) is 5.92 Å². The lowest BCUT2D eigenvalue weighted by Gasteiger charge is -2.07. The molecule has 0 aromatic heterocycles. The van der Waals surface area contributed by atoms with Crippen molar-refractivity contribution in [2.75, 3.05) is 0 Å². The van der Waals surface area contributed by atoms with Crippen molar-refractivity contribution in [2.45, 2.75) is 33.6 Å². The Kier molecular flexibility index (Phi) is 6.45. The lowest BCUT2D eigenvalue weighted by molar-refractivity contribution is 0.562. The summed E-state index contributed by atoms with van der Waals surface area (Å²) in [6, 6.07) is 0. The van der Waals surface area contributed by atoms with Crippen LogP contribution in [0.4, 0.5) is 0 Å². The van der Waals surface area contributed by atoms with Gasteiger partial charge >= 0.3 is 0 Å². The van der Waals surface area contributed by atoms with Gasteiger partial charge in [-0.3, -0.25) is 0 Å². The smallest absolute Gasteiger partial charge is 0.0256 e. The summed E-state index contributed by atoms with van der Waals surface area (Å²) >= 11 is 0. The molecule has 1 unspecified atom stereocenters. The van der Waals surface area contributed by atoms with Crippen LogP contribution < -0.4 is 0 Å². The van der Waals surface area contributed by atoms with E-state index in [1.54, 1.807) is 0 Å². The Morgan fingerprint density at radius 3 is 2.58 bits per heavy atom. The number of hydrogen-bond acceptors (Lipinski definition) is 0. The topological polar surface area (TPSA) is 0 Å². The highest BCUT2D eigenvalue weighted by Gasteiger charge is 1.99. The maximum atomic E-state index is 3.65. The van der Waals surface area contributed by atoms with Gasteiger partial charge in [-0.25, -0.2) is 0 Å². The summed E-state index contributed by atoms with van der Waals surface area (Å²) in [6.07, 6.45) is 10.6. The van der Waals surface area contributed by atoms with Crippen molar-refractivity contribution < 1.29 is 0 Å². The molecule has 0 bridgehead atoms. The summed E-state index contributed by atoms with van der Waals surface area (Å²) in [4.78, 5) is 0. The normalized spacial score (nSPS) is 15.1. The average molecular weight is 164 g/mol. The third kappa shape index (κ3) is 4.95. The molecule has 0 aliphatic heterocycles. The second kappa shape index (κ2) is 6.90. The van der Waals surface area contributed by atoms with E-state index in [2.05, 4.69) is 39.5 Å². The van der Waals surface area contributed by atoms with E-state index in [4.69, 9.17) is 0 Å². The Labute approximate surface area is 76.7 Å². The van der Waals surface area contributed by atoms with Crippen LogP contribution in [0.5, 0.6) is 0 Å². The fraction of sp³-hybridized carbons (Fsp3) is 0.500. The zero-order valence-electron chi connectivity index (χ0n) is 8.51. The van der Waals surface area contributed by atoms with Gasteiger partial charge in [0.2, 0.25) is 0 Å². The maximum absolute atomic E-state index is 3.65. The molecule has 0 spiro atoms. The Morgan fingerprint density at radius 1 is 1.50 bits per heavy atom. The number of rotatable bonds is 5. The van der Waals surface area contributed by atoms with Crippen LogP contribution in [-0.4, -0.2) is 0 Å². The minimum Gasteiger partial charge on any atom is -0.0991 e. The van der Waals surface area contributed by atoms with Gasteiger partial charge in [0, 0.05) is 0 Å². The molecule has 12 heavy (non-hydrogen) atoms. The first-order valence-corrected chi connectivity index (χ1v) is 4.68. The summed E-state index contributed by atoms with van der Waals surface area (Å²) in [6.45, 7) is 10.3. The van der Waals surface area contributed by atoms with E-state index in [0.717, 1.165) is 5.92 Å². The molecule has 0 aromatic rings. The van der Waals surface area contributed by atoms with Crippen molar-refractivity contribution in [1.82, 2.24) is 0 Å². The van der Waals surface area contributed by atoms with E-state index in [9.17, 15) is 0 Å². The van der Waals surface area contributed by atoms with Crippen molar-refractivity contribution in [3.8, 4) is 0 Å². The standard InChI is InChI=1S/C12H20/c1-5-8-9-12(7-3)10-11(4)6-2/h5,7-9,11H,1,6,10H2,2-4H3/b9-8-,12-7+. The highest BCUT2D eigenvalue weighted by atomic mass is 14.0. The third-order valence-electron chi connectivity index (χ3n) is 2.10. The zero-order valence-corrected chi connectivity index (χ0v) is 8.51. The Morgan fingerprint density at radius 2 is 2.17 bits per heavy atom. The van der Waals surface area contributed by atoms with Gasteiger partial charge in [-0.15, -0.1) is 0 Å². The van der Waals surface area contributed by atoms with E-state index in [-0.39, 0.29) is 0 Å². The van der Waals surface area contributed by atoms with Crippen LogP contribution in [0.3, 0.4) is 0 Å². The molecule has 0 N–H and O–H groups in total. The lowest BCUT2D eigenvalue weighted by Crippen LogP contribution is -1.92. The highest BCUT2D eigenvalue weighted by molar-refractivity contribution is 5.21. The number of hydrogen-bond donors (Lipinski definition) is 0. The van der Waals surface area contributed by atoms with Crippen molar-refractivity contribution >= 4 is 0 Å². The first-order valence-electron chi connectivity index (χ1n) is 4.68. The molecular formula is C12H20. The van der Waals surface area contributed by atoms with Gasteiger partial charge in [-0.1, -0.05) is 56.7 Å². The van der Waals surface area contributed by atoms with Crippen molar-refractivity contribution in [3.05, 3.63) is 36.5 Å². The summed E-state index contributed by atoms with van der Waals surface area (Å²) in [5.41, 5.74) is 1.41.